The molecule has 0 aliphatic heterocycles. The number of halogens is 1. The summed E-state index contributed by atoms with van der Waals surface area (Å²) < 4.78 is 23.7. The molecule has 0 atom stereocenters. The fourth-order valence-corrected chi connectivity index (χ4v) is 3.16. The van der Waals surface area contributed by atoms with E-state index in [0.717, 1.165) is 5.69 Å². The Bertz CT molecular complexity index is 1230. The molecule has 8 nitrogen and oxygen atoms in total. The normalized spacial score (nSPS) is 12.3. The van der Waals surface area contributed by atoms with Gasteiger partial charge in [0.1, 0.15) is 12.1 Å². The van der Waals surface area contributed by atoms with E-state index in [0.29, 0.717) is 35.5 Å². The number of aromatic nitrogens is 6. The second-order valence-corrected chi connectivity index (χ2v) is 7.67. The molecular formula is C19H21FN6O2. The lowest BCUT2D eigenvalue weighted by Gasteiger charge is -2.13. The zero-order chi connectivity index (χ0) is 20.1. The van der Waals surface area contributed by atoms with Crippen LogP contribution < -0.4 is 5.56 Å². The number of methoxy groups -OCH3 is 1. The van der Waals surface area contributed by atoms with Gasteiger partial charge in [0.25, 0.3) is 5.56 Å². The Morgan fingerprint density at radius 2 is 2.00 bits per heavy atom. The molecule has 28 heavy (non-hydrogen) atoms. The Morgan fingerprint density at radius 1 is 1.21 bits per heavy atom. The highest BCUT2D eigenvalue weighted by Gasteiger charge is 2.22. The van der Waals surface area contributed by atoms with Crippen LogP contribution in [0.1, 0.15) is 26.5 Å². The van der Waals surface area contributed by atoms with Crippen LogP contribution in [0.5, 0.6) is 0 Å². The van der Waals surface area contributed by atoms with E-state index in [1.54, 1.807) is 30.1 Å². The Morgan fingerprint density at radius 3 is 2.68 bits per heavy atom. The van der Waals surface area contributed by atoms with Gasteiger partial charge in [0.2, 0.25) is 0 Å². The van der Waals surface area contributed by atoms with E-state index in [-0.39, 0.29) is 11.0 Å². The topological polar surface area (TPSA) is 79.2 Å². The minimum Gasteiger partial charge on any atom is -0.383 e. The van der Waals surface area contributed by atoms with Crippen LogP contribution in [-0.2, 0) is 16.7 Å². The summed E-state index contributed by atoms with van der Waals surface area (Å²) >= 11 is 0. The predicted molar refractivity (Wildman–Crippen MR) is 102 cm³/mol. The zero-order valence-corrected chi connectivity index (χ0v) is 16.2. The average molecular weight is 384 g/mol. The van der Waals surface area contributed by atoms with Crippen molar-refractivity contribution in [2.75, 3.05) is 13.7 Å². The number of ether oxygens (including phenoxy) is 1. The van der Waals surface area contributed by atoms with E-state index >= 15 is 0 Å². The highest BCUT2D eigenvalue weighted by molar-refractivity contribution is 5.81. The molecular weight excluding hydrogens is 363 g/mol. The number of nitrogens with zero attached hydrogens (tertiary/aromatic N) is 6. The van der Waals surface area contributed by atoms with Crippen molar-refractivity contribution in [3.63, 3.8) is 0 Å². The summed E-state index contributed by atoms with van der Waals surface area (Å²) in [5.41, 5.74) is 1.80. The molecule has 0 radical (unpaired) electrons. The van der Waals surface area contributed by atoms with Crippen molar-refractivity contribution in [3.8, 4) is 5.82 Å². The molecule has 3 aromatic heterocycles. The van der Waals surface area contributed by atoms with Crippen molar-refractivity contribution in [3.05, 3.63) is 52.6 Å². The van der Waals surface area contributed by atoms with Crippen LogP contribution in [-0.4, -0.2) is 42.7 Å². The summed E-state index contributed by atoms with van der Waals surface area (Å²) in [5, 5.41) is 8.37. The summed E-state index contributed by atoms with van der Waals surface area (Å²) in [4.78, 5) is 17.7. The number of benzene rings is 1. The second-order valence-electron chi connectivity index (χ2n) is 7.67. The van der Waals surface area contributed by atoms with Gasteiger partial charge in [0.15, 0.2) is 11.3 Å². The van der Waals surface area contributed by atoms with Crippen molar-refractivity contribution < 1.29 is 9.13 Å². The van der Waals surface area contributed by atoms with Crippen molar-refractivity contribution in [1.29, 1.82) is 0 Å². The van der Waals surface area contributed by atoms with E-state index in [9.17, 15) is 9.18 Å². The summed E-state index contributed by atoms with van der Waals surface area (Å²) in [6.07, 6.45) is 3.32. The van der Waals surface area contributed by atoms with E-state index in [1.807, 2.05) is 20.8 Å². The Kier molecular flexibility index (Phi) is 4.26. The molecule has 3 heterocycles. The van der Waals surface area contributed by atoms with Crippen molar-refractivity contribution >= 4 is 16.6 Å². The largest absolute Gasteiger partial charge is 0.383 e. The van der Waals surface area contributed by atoms with Crippen LogP contribution in [0.3, 0.4) is 0 Å². The van der Waals surface area contributed by atoms with Gasteiger partial charge in [-0.3, -0.25) is 9.20 Å². The highest BCUT2D eigenvalue weighted by Crippen LogP contribution is 2.22. The minimum absolute atomic E-state index is 0.184. The SMILES string of the molecule is COCCn1c(=O)c2c(-n3cc(C(C)(C)C)nn3)ncn2c2ccc(F)cc21. The molecule has 0 bridgehead atoms. The van der Waals surface area contributed by atoms with E-state index < -0.39 is 5.82 Å². The van der Waals surface area contributed by atoms with Gasteiger partial charge >= 0.3 is 0 Å². The Balaban J connectivity index is 2.02. The number of hydrogen-bond donors (Lipinski definition) is 0. The second kappa shape index (κ2) is 6.52. The zero-order valence-electron chi connectivity index (χ0n) is 16.2. The molecule has 0 aliphatic rings. The third-order valence-corrected chi connectivity index (χ3v) is 4.68. The molecule has 0 saturated heterocycles. The highest BCUT2D eigenvalue weighted by atomic mass is 19.1. The first-order chi connectivity index (χ1) is 13.3. The average Bonchev–Trinajstić information content (AvgIpc) is 3.28. The quantitative estimate of drug-likeness (QED) is 0.540. The van der Waals surface area contributed by atoms with Gasteiger partial charge in [-0.05, 0) is 18.2 Å². The third kappa shape index (κ3) is 2.88. The first-order valence-electron chi connectivity index (χ1n) is 8.92. The van der Waals surface area contributed by atoms with Gasteiger partial charge in [0, 0.05) is 19.1 Å². The van der Waals surface area contributed by atoms with E-state index in [4.69, 9.17) is 4.74 Å². The van der Waals surface area contributed by atoms with Gasteiger partial charge in [-0.1, -0.05) is 26.0 Å². The van der Waals surface area contributed by atoms with Gasteiger partial charge < -0.3 is 9.30 Å². The standard InChI is InChI=1S/C19H21FN6O2/c1-19(2,3)15-10-26(23-22-15)17-16-18(27)24(7-8-28-4)14-9-12(20)5-6-13(14)25(16)11-21-17/h5-6,9-11H,7-8H2,1-4H3. The summed E-state index contributed by atoms with van der Waals surface area (Å²) in [7, 11) is 1.56. The number of hydrogen-bond acceptors (Lipinski definition) is 5. The van der Waals surface area contributed by atoms with Crippen LogP contribution in [0.4, 0.5) is 4.39 Å². The van der Waals surface area contributed by atoms with Crippen LogP contribution in [0.15, 0.2) is 35.5 Å². The Hall–Kier alpha value is -3.07. The fourth-order valence-electron chi connectivity index (χ4n) is 3.16. The number of fused-ring (bicyclic) bond motifs is 3. The van der Waals surface area contributed by atoms with E-state index in [1.165, 1.54) is 21.4 Å². The molecule has 0 unspecified atom stereocenters. The summed E-state index contributed by atoms with van der Waals surface area (Å²) in [5.74, 6) is -0.0331. The summed E-state index contributed by atoms with van der Waals surface area (Å²) in [6.45, 7) is 6.72. The van der Waals surface area contributed by atoms with Gasteiger partial charge in [-0.25, -0.2) is 9.37 Å². The molecule has 0 aliphatic carbocycles. The maximum Gasteiger partial charge on any atom is 0.279 e. The summed E-state index contributed by atoms with van der Waals surface area (Å²) in [6, 6.07) is 4.34. The first-order valence-corrected chi connectivity index (χ1v) is 8.92. The number of imidazole rings is 1. The predicted octanol–water partition coefficient (Wildman–Crippen LogP) is 2.31. The van der Waals surface area contributed by atoms with Gasteiger partial charge in [-0.15, -0.1) is 5.10 Å². The van der Waals surface area contributed by atoms with Crippen LogP contribution in [0.25, 0.3) is 22.4 Å². The molecule has 0 fully saturated rings. The smallest absolute Gasteiger partial charge is 0.279 e. The molecule has 4 aromatic rings. The van der Waals surface area contributed by atoms with Crippen molar-refractivity contribution in [1.82, 2.24) is 28.9 Å². The first kappa shape index (κ1) is 18.3. The van der Waals surface area contributed by atoms with Crippen LogP contribution >= 0.6 is 0 Å². The van der Waals surface area contributed by atoms with E-state index in [2.05, 4.69) is 15.3 Å². The molecule has 9 heteroatoms. The van der Waals surface area contributed by atoms with Gasteiger partial charge in [0.05, 0.1) is 29.5 Å². The van der Waals surface area contributed by atoms with Crippen molar-refractivity contribution in [2.45, 2.75) is 32.7 Å². The Labute approximate surface area is 160 Å². The lowest BCUT2D eigenvalue weighted by atomic mass is 9.93. The lowest BCUT2D eigenvalue weighted by molar-refractivity contribution is 0.187. The maximum atomic E-state index is 13.9. The number of rotatable bonds is 4. The molecule has 146 valence electrons. The molecule has 0 spiro atoms. The molecule has 0 N–H and O–H groups in total. The molecule has 0 amide bonds. The molecule has 1 aromatic carbocycles. The molecule has 4 rings (SSSR count). The van der Waals surface area contributed by atoms with Crippen LogP contribution in [0.2, 0.25) is 0 Å². The monoisotopic (exact) mass is 384 g/mol. The lowest BCUT2D eigenvalue weighted by Crippen LogP contribution is -2.25. The van der Waals surface area contributed by atoms with Crippen molar-refractivity contribution in [2.24, 2.45) is 0 Å². The third-order valence-electron chi connectivity index (χ3n) is 4.68. The van der Waals surface area contributed by atoms with Gasteiger partial charge in [-0.2, -0.15) is 4.68 Å². The minimum atomic E-state index is -0.413. The fraction of sp³-hybridized carbons (Fsp3) is 0.368. The maximum absolute atomic E-state index is 13.9. The van der Waals surface area contributed by atoms with Crippen LogP contribution in [0, 0.1) is 5.82 Å². The molecule has 0 saturated carbocycles.